The highest BCUT2D eigenvalue weighted by molar-refractivity contribution is 5.79. The molecule has 0 fully saturated rings. The average Bonchev–Trinajstić information content (AvgIpc) is 3.02. The molecule has 2 N–H and O–H groups in total. The maximum Gasteiger partial charge on any atom is 0.220 e. The van der Waals surface area contributed by atoms with Crippen LogP contribution in [0.4, 0.5) is 0 Å². The minimum Gasteiger partial charge on any atom is -0.356 e. The fourth-order valence-corrected chi connectivity index (χ4v) is 2.92. The molecule has 130 valence electrons. The molecule has 5 nitrogen and oxygen atoms in total. The third-order valence-corrected chi connectivity index (χ3v) is 4.15. The molecule has 0 atom stereocenters. The van der Waals surface area contributed by atoms with Crippen LogP contribution < -0.4 is 10.6 Å². The zero-order chi connectivity index (χ0) is 17.5. The molecule has 0 aliphatic carbocycles. The van der Waals surface area contributed by atoms with E-state index in [1.165, 1.54) is 0 Å². The number of aryl methyl sites for hydroxylation is 1. The van der Waals surface area contributed by atoms with Crippen LogP contribution in [0.25, 0.3) is 16.7 Å². The molecule has 1 aromatic heterocycles. The Labute approximate surface area is 148 Å². The van der Waals surface area contributed by atoms with Crippen molar-refractivity contribution < 1.29 is 4.79 Å². The molecule has 25 heavy (non-hydrogen) atoms. The summed E-state index contributed by atoms with van der Waals surface area (Å²) in [6, 6.07) is 18.2. The first kappa shape index (κ1) is 17.2. The minimum atomic E-state index is 0.0720. The Bertz CT molecular complexity index is 826. The smallest absolute Gasteiger partial charge is 0.220 e. The summed E-state index contributed by atoms with van der Waals surface area (Å²) in [5, 5.41) is 6.04. The minimum absolute atomic E-state index is 0.0720. The third kappa shape index (κ3) is 4.25. The predicted molar refractivity (Wildman–Crippen MR) is 101 cm³/mol. The molecule has 0 spiro atoms. The Kier molecular flexibility index (Phi) is 5.80. The van der Waals surface area contributed by atoms with E-state index < -0.39 is 0 Å². The van der Waals surface area contributed by atoms with Crippen molar-refractivity contribution in [3.8, 4) is 5.69 Å². The van der Waals surface area contributed by atoms with E-state index in [0.29, 0.717) is 19.4 Å². The summed E-state index contributed by atoms with van der Waals surface area (Å²) in [7, 11) is 1.91. The third-order valence-electron chi connectivity index (χ3n) is 4.15. The molecular formula is C20H24N4O. The Hall–Kier alpha value is -2.66. The highest BCUT2D eigenvalue weighted by Gasteiger charge is 2.13. The first-order valence-corrected chi connectivity index (χ1v) is 8.72. The van der Waals surface area contributed by atoms with Crippen LogP contribution in [0.5, 0.6) is 0 Å². The van der Waals surface area contributed by atoms with E-state index in [4.69, 9.17) is 4.98 Å². The molecule has 1 amide bonds. The van der Waals surface area contributed by atoms with Crippen LogP contribution in [0.3, 0.4) is 0 Å². The number of nitrogens with zero attached hydrogens (tertiary/aromatic N) is 2. The lowest BCUT2D eigenvalue weighted by Gasteiger charge is -2.09. The summed E-state index contributed by atoms with van der Waals surface area (Å²) in [6.45, 7) is 1.61. The molecule has 3 rings (SSSR count). The molecule has 1 heterocycles. The standard InChI is InChI=1S/C20H24N4O/c1-21-14-7-15-22-20(25)13-12-19-23-17-10-5-6-11-18(17)24(19)16-8-3-2-4-9-16/h2-6,8-11,21H,7,12-15H2,1H3,(H,22,25). The Balaban J connectivity index is 1.76. The van der Waals surface area contributed by atoms with Gasteiger partial charge in [-0.3, -0.25) is 9.36 Å². The molecule has 0 saturated carbocycles. The van der Waals surface area contributed by atoms with Gasteiger partial charge in [0, 0.05) is 25.1 Å². The second kappa shape index (κ2) is 8.44. The highest BCUT2D eigenvalue weighted by Crippen LogP contribution is 2.22. The first-order chi connectivity index (χ1) is 12.3. The predicted octanol–water partition coefficient (Wildman–Crippen LogP) is 2.68. The Morgan fingerprint density at radius 2 is 1.80 bits per heavy atom. The van der Waals surface area contributed by atoms with Crippen molar-refractivity contribution in [1.82, 2.24) is 20.2 Å². The van der Waals surface area contributed by atoms with Gasteiger partial charge in [0.05, 0.1) is 11.0 Å². The van der Waals surface area contributed by atoms with Crippen molar-refractivity contribution in [2.45, 2.75) is 19.3 Å². The number of carbonyl (C=O) groups excluding carboxylic acids is 1. The SMILES string of the molecule is CNCCCNC(=O)CCc1nc2ccccc2n1-c1ccccc1. The number of hydrogen-bond acceptors (Lipinski definition) is 3. The molecule has 0 aliphatic rings. The summed E-state index contributed by atoms with van der Waals surface area (Å²) in [6.07, 6.45) is 1.99. The zero-order valence-corrected chi connectivity index (χ0v) is 14.5. The number of fused-ring (bicyclic) bond motifs is 1. The van der Waals surface area contributed by atoms with Gasteiger partial charge in [0.2, 0.25) is 5.91 Å². The van der Waals surface area contributed by atoms with Crippen LogP contribution in [0.15, 0.2) is 54.6 Å². The number of imidazole rings is 1. The lowest BCUT2D eigenvalue weighted by Crippen LogP contribution is -2.27. The molecule has 3 aromatic rings. The van der Waals surface area contributed by atoms with Crippen molar-refractivity contribution >= 4 is 16.9 Å². The maximum absolute atomic E-state index is 12.1. The van der Waals surface area contributed by atoms with Gasteiger partial charge < -0.3 is 10.6 Å². The van der Waals surface area contributed by atoms with Gasteiger partial charge in [0.1, 0.15) is 5.82 Å². The number of hydrogen-bond donors (Lipinski definition) is 2. The van der Waals surface area contributed by atoms with Crippen molar-refractivity contribution in [3.63, 3.8) is 0 Å². The average molecular weight is 336 g/mol. The Morgan fingerprint density at radius 1 is 1.04 bits per heavy atom. The van der Waals surface area contributed by atoms with Gasteiger partial charge in [0.25, 0.3) is 0 Å². The number of benzene rings is 2. The van der Waals surface area contributed by atoms with Crippen molar-refractivity contribution in [3.05, 3.63) is 60.4 Å². The topological polar surface area (TPSA) is 58.9 Å². The normalized spacial score (nSPS) is 10.9. The zero-order valence-electron chi connectivity index (χ0n) is 14.5. The highest BCUT2D eigenvalue weighted by atomic mass is 16.1. The number of para-hydroxylation sites is 3. The molecular weight excluding hydrogens is 312 g/mol. The van der Waals surface area contributed by atoms with Gasteiger partial charge in [-0.2, -0.15) is 0 Å². The van der Waals surface area contributed by atoms with E-state index in [9.17, 15) is 4.79 Å². The van der Waals surface area contributed by atoms with E-state index in [1.807, 2.05) is 43.4 Å². The summed E-state index contributed by atoms with van der Waals surface area (Å²) >= 11 is 0. The second-order valence-corrected chi connectivity index (χ2v) is 5.99. The molecule has 0 saturated heterocycles. The van der Waals surface area contributed by atoms with Crippen LogP contribution in [-0.4, -0.2) is 35.6 Å². The van der Waals surface area contributed by atoms with Gasteiger partial charge in [0.15, 0.2) is 0 Å². The monoisotopic (exact) mass is 336 g/mol. The number of carbonyl (C=O) groups is 1. The lowest BCUT2D eigenvalue weighted by molar-refractivity contribution is -0.121. The summed E-state index contributed by atoms with van der Waals surface area (Å²) < 4.78 is 2.14. The number of nitrogens with one attached hydrogen (secondary N) is 2. The largest absolute Gasteiger partial charge is 0.356 e. The number of amides is 1. The van der Waals surface area contributed by atoms with Gasteiger partial charge in [-0.1, -0.05) is 30.3 Å². The van der Waals surface area contributed by atoms with Gasteiger partial charge in [-0.05, 0) is 44.3 Å². The van der Waals surface area contributed by atoms with E-state index >= 15 is 0 Å². The van der Waals surface area contributed by atoms with Crippen LogP contribution >= 0.6 is 0 Å². The Morgan fingerprint density at radius 3 is 2.60 bits per heavy atom. The molecule has 2 aromatic carbocycles. The summed E-state index contributed by atoms with van der Waals surface area (Å²) in [5.74, 6) is 0.987. The second-order valence-electron chi connectivity index (χ2n) is 5.99. The van der Waals surface area contributed by atoms with Gasteiger partial charge in [-0.25, -0.2) is 4.98 Å². The fourth-order valence-electron chi connectivity index (χ4n) is 2.92. The first-order valence-electron chi connectivity index (χ1n) is 8.72. The summed E-state index contributed by atoms with van der Waals surface area (Å²) in [5.41, 5.74) is 3.09. The summed E-state index contributed by atoms with van der Waals surface area (Å²) in [4.78, 5) is 16.8. The van der Waals surface area contributed by atoms with E-state index in [1.54, 1.807) is 0 Å². The number of aromatic nitrogens is 2. The molecule has 0 unspecified atom stereocenters. The number of rotatable bonds is 8. The van der Waals surface area contributed by atoms with E-state index in [2.05, 4.69) is 33.4 Å². The van der Waals surface area contributed by atoms with Crippen LogP contribution in [0.2, 0.25) is 0 Å². The van der Waals surface area contributed by atoms with Gasteiger partial charge in [-0.15, -0.1) is 0 Å². The van der Waals surface area contributed by atoms with Crippen LogP contribution in [0, 0.1) is 0 Å². The van der Waals surface area contributed by atoms with Gasteiger partial charge >= 0.3 is 0 Å². The van der Waals surface area contributed by atoms with Crippen molar-refractivity contribution in [2.24, 2.45) is 0 Å². The maximum atomic E-state index is 12.1. The van der Waals surface area contributed by atoms with Crippen molar-refractivity contribution in [2.75, 3.05) is 20.1 Å². The van der Waals surface area contributed by atoms with Crippen LogP contribution in [0.1, 0.15) is 18.7 Å². The molecule has 0 radical (unpaired) electrons. The van der Waals surface area contributed by atoms with Crippen LogP contribution in [-0.2, 0) is 11.2 Å². The molecule has 5 heteroatoms. The van der Waals surface area contributed by atoms with E-state index in [-0.39, 0.29) is 5.91 Å². The quantitative estimate of drug-likeness (QED) is 0.622. The molecule has 0 aliphatic heterocycles. The molecule has 0 bridgehead atoms. The lowest BCUT2D eigenvalue weighted by atomic mass is 10.2. The fraction of sp³-hybridized carbons (Fsp3) is 0.300. The van der Waals surface area contributed by atoms with E-state index in [0.717, 1.165) is 35.5 Å². The van der Waals surface area contributed by atoms with Crippen molar-refractivity contribution in [1.29, 1.82) is 0 Å².